The summed E-state index contributed by atoms with van der Waals surface area (Å²) in [5, 5.41) is 6.42. The van der Waals surface area contributed by atoms with Crippen LogP contribution in [0.2, 0.25) is 0 Å². The van der Waals surface area contributed by atoms with Crippen LogP contribution >= 0.6 is 11.8 Å². The first-order valence-corrected chi connectivity index (χ1v) is 8.03. The lowest BCUT2D eigenvalue weighted by atomic mass is 10.00. The van der Waals surface area contributed by atoms with Crippen molar-refractivity contribution in [3.05, 3.63) is 0 Å². The second kappa shape index (κ2) is 9.77. The van der Waals surface area contributed by atoms with Crippen LogP contribution in [0.5, 0.6) is 0 Å². The number of rotatable bonds is 8. The number of carbonyl (C=O) groups is 1. The smallest absolute Gasteiger partial charge is 0.220 e. The molecule has 0 spiro atoms. The molecule has 1 saturated heterocycles. The standard InChI is InChI=1S/C13H26N2OS/c1-2-3-8-17-9-6-13(16)15-11-12-5-4-7-14-10-12/h12,14H,2-11H2,1H3,(H,15,16). The highest BCUT2D eigenvalue weighted by Gasteiger charge is 2.13. The van der Waals surface area contributed by atoms with Gasteiger partial charge in [-0.1, -0.05) is 13.3 Å². The fraction of sp³-hybridized carbons (Fsp3) is 0.923. The molecule has 4 heteroatoms. The van der Waals surface area contributed by atoms with E-state index in [1.165, 1.54) is 31.4 Å². The lowest BCUT2D eigenvalue weighted by Gasteiger charge is -2.22. The van der Waals surface area contributed by atoms with E-state index >= 15 is 0 Å². The van der Waals surface area contributed by atoms with E-state index in [2.05, 4.69) is 17.6 Å². The zero-order valence-electron chi connectivity index (χ0n) is 11.0. The first-order valence-electron chi connectivity index (χ1n) is 6.88. The average Bonchev–Trinajstić information content (AvgIpc) is 2.37. The highest BCUT2D eigenvalue weighted by Crippen LogP contribution is 2.09. The largest absolute Gasteiger partial charge is 0.356 e. The molecule has 1 aliphatic heterocycles. The number of thioether (sulfide) groups is 1. The zero-order chi connectivity index (χ0) is 12.3. The van der Waals surface area contributed by atoms with Crippen molar-refractivity contribution in [2.75, 3.05) is 31.1 Å². The molecule has 1 fully saturated rings. The molecular weight excluding hydrogens is 232 g/mol. The summed E-state index contributed by atoms with van der Waals surface area (Å²) >= 11 is 1.89. The molecule has 1 amide bonds. The van der Waals surface area contributed by atoms with Gasteiger partial charge in [0, 0.05) is 18.7 Å². The van der Waals surface area contributed by atoms with Crippen LogP contribution in [0.1, 0.15) is 39.0 Å². The van der Waals surface area contributed by atoms with Crippen LogP contribution in [-0.4, -0.2) is 37.0 Å². The van der Waals surface area contributed by atoms with Crippen LogP contribution in [0.4, 0.5) is 0 Å². The minimum atomic E-state index is 0.222. The zero-order valence-corrected chi connectivity index (χ0v) is 11.8. The summed E-state index contributed by atoms with van der Waals surface area (Å²) in [7, 11) is 0. The van der Waals surface area contributed by atoms with Gasteiger partial charge in [-0.3, -0.25) is 4.79 Å². The quantitative estimate of drug-likeness (QED) is 0.655. The first kappa shape index (κ1) is 14.8. The molecule has 0 radical (unpaired) electrons. The number of unbranched alkanes of at least 4 members (excludes halogenated alkanes) is 1. The van der Waals surface area contributed by atoms with E-state index in [1.807, 2.05) is 11.8 Å². The molecule has 1 unspecified atom stereocenters. The molecule has 2 N–H and O–H groups in total. The fourth-order valence-corrected chi connectivity index (χ4v) is 2.98. The van der Waals surface area contributed by atoms with Crippen molar-refractivity contribution in [3.8, 4) is 0 Å². The van der Waals surface area contributed by atoms with Gasteiger partial charge >= 0.3 is 0 Å². The lowest BCUT2D eigenvalue weighted by molar-refractivity contribution is -0.120. The molecule has 0 aliphatic carbocycles. The van der Waals surface area contributed by atoms with Gasteiger partial charge in [-0.25, -0.2) is 0 Å². The Morgan fingerprint density at radius 2 is 2.35 bits per heavy atom. The molecule has 3 nitrogen and oxygen atoms in total. The highest BCUT2D eigenvalue weighted by atomic mass is 32.2. The molecule has 1 atom stereocenters. The maximum absolute atomic E-state index is 11.6. The van der Waals surface area contributed by atoms with Gasteiger partial charge in [0.1, 0.15) is 0 Å². The predicted octanol–water partition coefficient (Wildman–Crippen LogP) is 2.03. The fourth-order valence-electron chi connectivity index (χ4n) is 1.96. The Kier molecular flexibility index (Phi) is 8.53. The van der Waals surface area contributed by atoms with Gasteiger partial charge in [0.2, 0.25) is 5.91 Å². The monoisotopic (exact) mass is 258 g/mol. The molecule has 1 aliphatic rings. The third kappa shape index (κ3) is 7.66. The number of carbonyl (C=O) groups excluding carboxylic acids is 1. The van der Waals surface area contributed by atoms with Crippen LogP contribution in [0.25, 0.3) is 0 Å². The summed E-state index contributed by atoms with van der Waals surface area (Å²) in [4.78, 5) is 11.6. The van der Waals surface area contributed by atoms with Crippen LogP contribution in [0, 0.1) is 5.92 Å². The summed E-state index contributed by atoms with van der Waals surface area (Å²) in [6.45, 7) is 5.25. The number of nitrogens with one attached hydrogen (secondary N) is 2. The molecule has 17 heavy (non-hydrogen) atoms. The average molecular weight is 258 g/mol. The van der Waals surface area contributed by atoms with Crippen LogP contribution in [0.15, 0.2) is 0 Å². The van der Waals surface area contributed by atoms with E-state index in [4.69, 9.17) is 0 Å². The van der Waals surface area contributed by atoms with Crippen molar-refractivity contribution in [3.63, 3.8) is 0 Å². The third-order valence-corrected chi connectivity index (χ3v) is 4.17. The minimum Gasteiger partial charge on any atom is -0.356 e. The van der Waals surface area contributed by atoms with Crippen molar-refractivity contribution < 1.29 is 4.79 Å². The summed E-state index contributed by atoms with van der Waals surface area (Å²) in [6, 6.07) is 0. The van der Waals surface area contributed by atoms with Crippen molar-refractivity contribution in [1.82, 2.24) is 10.6 Å². The van der Waals surface area contributed by atoms with Crippen LogP contribution in [-0.2, 0) is 4.79 Å². The summed E-state index contributed by atoms with van der Waals surface area (Å²) < 4.78 is 0. The van der Waals surface area contributed by atoms with Gasteiger partial charge in [-0.2, -0.15) is 11.8 Å². The van der Waals surface area contributed by atoms with Crippen molar-refractivity contribution in [2.45, 2.75) is 39.0 Å². The second-order valence-electron chi connectivity index (χ2n) is 4.73. The molecule has 0 saturated carbocycles. The molecule has 0 bridgehead atoms. The van der Waals surface area contributed by atoms with E-state index in [-0.39, 0.29) is 5.91 Å². The molecular formula is C13H26N2OS. The van der Waals surface area contributed by atoms with E-state index in [0.717, 1.165) is 25.4 Å². The third-order valence-electron chi connectivity index (χ3n) is 3.10. The highest BCUT2D eigenvalue weighted by molar-refractivity contribution is 7.99. The van der Waals surface area contributed by atoms with E-state index in [9.17, 15) is 4.79 Å². The topological polar surface area (TPSA) is 41.1 Å². The lowest BCUT2D eigenvalue weighted by Crippen LogP contribution is -2.38. The van der Waals surface area contributed by atoms with E-state index in [0.29, 0.717) is 12.3 Å². The maximum atomic E-state index is 11.6. The van der Waals surface area contributed by atoms with Crippen molar-refractivity contribution in [2.24, 2.45) is 5.92 Å². The predicted molar refractivity (Wildman–Crippen MR) is 75.5 cm³/mol. The molecule has 1 heterocycles. The molecule has 0 aromatic carbocycles. The Morgan fingerprint density at radius 3 is 3.06 bits per heavy atom. The normalized spacial score (nSPS) is 20.2. The summed E-state index contributed by atoms with van der Waals surface area (Å²) in [5.74, 6) is 3.02. The molecule has 0 aromatic rings. The van der Waals surface area contributed by atoms with Gasteiger partial charge in [-0.05, 0) is 44.0 Å². The van der Waals surface area contributed by atoms with E-state index in [1.54, 1.807) is 0 Å². The second-order valence-corrected chi connectivity index (χ2v) is 5.96. The molecule has 1 rings (SSSR count). The Bertz CT molecular complexity index is 206. The summed E-state index contributed by atoms with van der Waals surface area (Å²) in [5.41, 5.74) is 0. The first-order chi connectivity index (χ1) is 8.33. The Balaban J connectivity index is 1.93. The van der Waals surface area contributed by atoms with Gasteiger partial charge in [0.25, 0.3) is 0 Å². The number of amides is 1. The van der Waals surface area contributed by atoms with Gasteiger partial charge in [-0.15, -0.1) is 0 Å². The molecule has 100 valence electrons. The van der Waals surface area contributed by atoms with E-state index < -0.39 is 0 Å². The number of hydrogen-bond donors (Lipinski definition) is 2. The SMILES string of the molecule is CCCCSCCC(=O)NCC1CCCNC1. The Hall–Kier alpha value is -0.220. The summed E-state index contributed by atoms with van der Waals surface area (Å²) in [6.07, 6.45) is 5.67. The Labute approximate surface area is 109 Å². The number of piperidine rings is 1. The van der Waals surface area contributed by atoms with Crippen molar-refractivity contribution in [1.29, 1.82) is 0 Å². The minimum absolute atomic E-state index is 0.222. The number of hydrogen-bond acceptors (Lipinski definition) is 3. The van der Waals surface area contributed by atoms with Crippen LogP contribution in [0.3, 0.4) is 0 Å². The van der Waals surface area contributed by atoms with Crippen LogP contribution < -0.4 is 10.6 Å². The van der Waals surface area contributed by atoms with Crippen molar-refractivity contribution >= 4 is 17.7 Å². The van der Waals surface area contributed by atoms with Gasteiger partial charge < -0.3 is 10.6 Å². The maximum Gasteiger partial charge on any atom is 0.220 e. The van der Waals surface area contributed by atoms with Gasteiger partial charge in [0.15, 0.2) is 0 Å². The Morgan fingerprint density at radius 1 is 1.47 bits per heavy atom. The van der Waals surface area contributed by atoms with Gasteiger partial charge in [0.05, 0.1) is 0 Å². The molecule has 0 aromatic heterocycles.